The molecule has 11 aliphatic rings. The van der Waals surface area contributed by atoms with Crippen LogP contribution in [0.3, 0.4) is 0 Å². The van der Waals surface area contributed by atoms with Crippen LogP contribution in [0.25, 0.3) is 0 Å². The molecule has 0 aromatic heterocycles. The quantitative estimate of drug-likeness (QED) is 0.0290. The minimum Gasteiger partial charge on any atom is -0.394 e. The van der Waals surface area contributed by atoms with E-state index in [0.717, 1.165) is 27.7 Å². The molecule has 0 aliphatic carbocycles. The van der Waals surface area contributed by atoms with Gasteiger partial charge in [0.2, 0.25) is 23.6 Å². The highest BCUT2D eigenvalue weighted by Crippen LogP contribution is 2.43. The van der Waals surface area contributed by atoms with Gasteiger partial charge in [-0.05, 0) is 13.8 Å². The van der Waals surface area contributed by atoms with Crippen LogP contribution in [0.15, 0.2) is 0 Å². The molecule has 11 heterocycles. The van der Waals surface area contributed by atoms with Crippen LogP contribution < -0.4 is 21.3 Å². The molecule has 764 valence electrons. The average molecular weight is 1930 g/mol. The number of rotatable bonds is 33. The number of hydrogen-bond donors (Lipinski definition) is 33. The van der Waals surface area contributed by atoms with E-state index < -0.39 is 421 Å². The highest BCUT2D eigenvalue weighted by Gasteiger charge is 2.63. The number of aliphatic hydroxyl groups is 29. The van der Waals surface area contributed by atoms with Gasteiger partial charge in [-0.2, -0.15) is 0 Å². The number of hydrogen-bond acceptors (Lipinski definition) is 54. The molecule has 0 radical (unpaired) electrons. The lowest BCUT2D eigenvalue weighted by molar-refractivity contribution is -0.410. The molecular weight excluding hydrogens is 1810 g/mol. The summed E-state index contributed by atoms with van der Waals surface area (Å²) in [4.78, 5) is 52.2. The van der Waals surface area contributed by atoms with E-state index in [4.69, 9.17) is 99.5 Å². The minimum atomic E-state index is -2.74. The summed E-state index contributed by atoms with van der Waals surface area (Å²) in [6, 6.07) is -7.88. The Bertz CT molecular complexity index is 3610. The number of carbonyl (C=O) groups is 4. The summed E-state index contributed by atoms with van der Waals surface area (Å²) in [6.07, 6.45) is -110. The van der Waals surface area contributed by atoms with Crippen molar-refractivity contribution < 1.29 is 267 Å². The van der Waals surface area contributed by atoms with E-state index in [2.05, 4.69) is 21.3 Å². The molecule has 55 atom stereocenters. The van der Waals surface area contributed by atoms with Crippen LogP contribution in [-0.4, -0.2) is 569 Å². The van der Waals surface area contributed by atoms with Crippen LogP contribution in [0, 0.1) is 0 Å². The normalized spacial score (nSPS) is 50.4. The Labute approximate surface area is 748 Å². The number of nitrogens with one attached hydrogen (secondary N) is 4. The molecule has 0 aromatic carbocycles. The fourth-order valence-corrected chi connectivity index (χ4v) is 17.3. The van der Waals surface area contributed by atoms with Crippen molar-refractivity contribution in [3.63, 3.8) is 0 Å². The van der Waals surface area contributed by atoms with Gasteiger partial charge in [-0.15, -0.1) is 0 Å². The van der Waals surface area contributed by atoms with E-state index >= 15 is 0 Å². The van der Waals surface area contributed by atoms with Gasteiger partial charge in [-0.1, -0.05) is 0 Å². The van der Waals surface area contributed by atoms with Gasteiger partial charge < -0.3 is 269 Å². The van der Waals surface area contributed by atoms with Crippen molar-refractivity contribution in [1.82, 2.24) is 21.3 Å². The molecule has 0 bridgehead atoms. The molecule has 4 amide bonds. The maximum absolute atomic E-state index is 13.3. The Hall–Kier alpha value is -4.12. The zero-order valence-corrected chi connectivity index (χ0v) is 71.3. The summed E-state index contributed by atoms with van der Waals surface area (Å²) in [7, 11) is 0. The van der Waals surface area contributed by atoms with Crippen LogP contribution in [0.1, 0.15) is 41.5 Å². The number of amides is 4. The molecule has 0 saturated carbocycles. The highest BCUT2D eigenvalue weighted by atomic mass is 16.8. The topological polar surface area (TPSA) is 897 Å². The van der Waals surface area contributed by atoms with Gasteiger partial charge in [0.25, 0.3) is 0 Å². The Kier molecular flexibility index (Phi) is 38.5. The maximum atomic E-state index is 13.3. The second-order valence-corrected chi connectivity index (χ2v) is 33.7. The smallest absolute Gasteiger partial charge is 0.217 e. The molecule has 11 rings (SSSR count). The second kappa shape index (κ2) is 47.0. The van der Waals surface area contributed by atoms with Crippen LogP contribution in [0.5, 0.6) is 0 Å². The first-order valence-corrected chi connectivity index (χ1v) is 42.4. The second-order valence-electron chi connectivity index (χ2n) is 33.7. The largest absolute Gasteiger partial charge is 0.394 e. The molecular formula is C74H124N4O54. The lowest BCUT2D eigenvalue weighted by Crippen LogP contribution is -2.71. The van der Waals surface area contributed by atoms with Gasteiger partial charge in [0.15, 0.2) is 69.2 Å². The molecule has 11 fully saturated rings. The molecule has 132 heavy (non-hydrogen) atoms. The third-order valence-corrected chi connectivity index (χ3v) is 24.5. The zero-order valence-electron chi connectivity index (χ0n) is 71.3. The molecule has 11 aliphatic heterocycles. The Balaban J connectivity index is 1.01. The summed E-state index contributed by atoms with van der Waals surface area (Å²) in [5, 5.41) is 337. The molecule has 0 aromatic rings. The van der Waals surface area contributed by atoms with E-state index in [1.165, 1.54) is 13.8 Å². The van der Waals surface area contributed by atoms with Crippen LogP contribution in [-0.2, 0) is 119 Å². The lowest BCUT2D eigenvalue weighted by atomic mass is 9.93. The van der Waals surface area contributed by atoms with Crippen LogP contribution in [0.2, 0.25) is 0 Å². The SMILES string of the molecule is CC(=O)N[C@@H]1[C@@H](O)[C@H](O[C@@H]2O[C@H](CO)[C@@H](O[C@@H]3O[C@H](CO[C@H]4O[C@H](CO)[C@@H](O)[C@H](O[C@@H]5O[C@@H](C)[C@@H](O)[C@@H](O)[C@@H]5O)[C@@H]4O[C@@H]4O[C@H](CO)[C@@H](O[C@@H]5O[C@H](CO)[C@H](O)[C@H](O)[C@H]5O)[C@H](O)[C@H]4NC(C)=O)[C@@H](O)[C@H](O[C@H]4O[C@H](CO)[C@@H](O)[C@H](O[C@@H]5O[C@@H](C)[C@@H](O)[C@@H](O)[C@@H]5O)[C@@H]4O[C@@H]4O[C@H](CO)[C@@H](O[C@@H]5O[C@H](CO)[C@H](O)[C@H](O)[C@H]5O)[C@H](O)[C@H]4NC(C)=O)[C@@H]3O)[C@H](O)[C@H]2NC(C)=O)[C@@H](CO)O[C@H]1O. The number of aliphatic hydroxyl groups excluding tert-OH is 29. The van der Waals surface area contributed by atoms with E-state index in [-0.39, 0.29) is 0 Å². The molecule has 0 spiro atoms. The number of ether oxygens (including phenoxy) is 21. The van der Waals surface area contributed by atoms with Gasteiger partial charge in [-0.3, -0.25) is 19.2 Å². The summed E-state index contributed by atoms with van der Waals surface area (Å²) in [6.45, 7) is -4.63. The zero-order chi connectivity index (χ0) is 97.1. The van der Waals surface area contributed by atoms with Crippen molar-refractivity contribution in [3.8, 4) is 0 Å². The van der Waals surface area contributed by atoms with Crippen molar-refractivity contribution in [1.29, 1.82) is 0 Å². The lowest BCUT2D eigenvalue weighted by Gasteiger charge is -2.52. The highest BCUT2D eigenvalue weighted by molar-refractivity contribution is 5.74. The number of carbonyl (C=O) groups excluding carboxylic acids is 4. The fourth-order valence-electron chi connectivity index (χ4n) is 17.3. The minimum absolute atomic E-state index is 0.824. The van der Waals surface area contributed by atoms with Crippen molar-refractivity contribution in [3.05, 3.63) is 0 Å². The van der Waals surface area contributed by atoms with Gasteiger partial charge in [0, 0.05) is 27.7 Å². The summed E-state index contributed by atoms with van der Waals surface area (Å²) < 4.78 is 128. The predicted molar refractivity (Wildman–Crippen MR) is 406 cm³/mol. The monoisotopic (exact) mass is 1930 g/mol. The predicted octanol–water partition coefficient (Wildman–Crippen LogP) is -22.3. The Morgan fingerprint density at radius 1 is 0.212 bits per heavy atom. The van der Waals surface area contributed by atoms with E-state index in [1.807, 2.05) is 0 Å². The standard InChI is InChI=1S/C74H124N4O54/c1-16-35(91)46(102)50(106)68(113-16)129-60-39(95)24(9-81)118-73(62(60)131-66-33(77-20(5)89)44(100)56(27(12-84)121-66)125-70-52(108)48(104)37(93)22(7-79)116-70)112-15-30-41(97)59(54(110)72(123-30)127-58-29(14-86)120-65(32(43(58)99)76-19(4)88)124-55-26(11-83)115-64(111)31(42(55)98)75-18(3)87)128-74-63(61(40(96)25(10-82)119-74)130-69-51(107)47(103)36(92)17(2)114-69)132-67-34(78-21(6)90)45(101)57(28(13-85)122-67)126-71-53(109)49(105)38(94)23(8-80)117-71/h16-17,22-74,79-86,91-111H,7-15H2,1-6H3,(H,75,87)(H,76,88)(H,77,89)(H,78,90)/t16-,17-,22+,23+,24+,25+,26+,27+,28+,29+,30+,31+,32+,33+,34+,35+,36+,37-,38-,39+,40+,41+,42+,43+,44+,45+,46+,47+,48-,49-,50-,51-,52+,53+,54-,55+,56+,57+,58+,59-,60-,61-,62-,63-,64+,65-,66-,67-,68-,69-,70-,71-,72-,73-,74+/m0/s1. The summed E-state index contributed by atoms with van der Waals surface area (Å²) >= 11 is 0. The fraction of sp³-hybridized carbons (Fsp3) is 0.946. The van der Waals surface area contributed by atoms with Gasteiger partial charge >= 0.3 is 0 Å². The van der Waals surface area contributed by atoms with Gasteiger partial charge in [-0.25, -0.2) is 0 Å². The van der Waals surface area contributed by atoms with Crippen molar-refractivity contribution >= 4 is 23.6 Å². The average Bonchev–Trinajstić information content (AvgIpc) is 0.757. The van der Waals surface area contributed by atoms with Gasteiger partial charge in [0.05, 0.1) is 71.7 Å². The molecule has 11 saturated heterocycles. The van der Waals surface area contributed by atoms with Crippen molar-refractivity contribution in [2.45, 2.75) is 379 Å². The Morgan fingerprint density at radius 2 is 0.447 bits per heavy atom. The first-order valence-electron chi connectivity index (χ1n) is 42.4. The Morgan fingerprint density at radius 3 is 0.795 bits per heavy atom. The van der Waals surface area contributed by atoms with E-state index in [9.17, 15) is 167 Å². The van der Waals surface area contributed by atoms with Crippen LogP contribution >= 0.6 is 0 Å². The molecule has 58 nitrogen and oxygen atoms in total. The summed E-state index contributed by atoms with van der Waals surface area (Å²) in [5.41, 5.74) is 0. The molecule has 0 unspecified atom stereocenters. The third kappa shape index (κ3) is 23.5. The first kappa shape index (κ1) is 108. The molecule has 58 heteroatoms. The van der Waals surface area contributed by atoms with Crippen molar-refractivity contribution in [2.75, 3.05) is 59.5 Å². The first-order chi connectivity index (χ1) is 62.4. The molecule has 33 N–H and O–H groups in total. The third-order valence-electron chi connectivity index (χ3n) is 24.5. The maximum Gasteiger partial charge on any atom is 0.217 e. The van der Waals surface area contributed by atoms with E-state index in [1.54, 1.807) is 0 Å². The summed E-state index contributed by atoms with van der Waals surface area (Å²) in [5.74, 6) is -3.87. The van der Waals surface area contributed by atoms with Crippen molar-refractivity contribution in [2.24, 2.45) is 0 Å². The van der Waals surface area contributed by atoms with Crippen LogP contribution in [0.4, 0.5) is 0 Å². The van der Waals surface area contributed by atoms with Gasteiger partial charge in [0.1, 0.15) is 256 Å². The van der Waals surface area contributed by atoms with E-state index in [0.29, 0.717) is 0 Å².